The fourth-order valence-electron chi connectivity index (χ4n) is 4.62. The number of carbonyl (C=O) groups is 1. The number of amides is 1. The van der Waals surface area contributed by atoms with Crippen LogP contribution >= 0.6 is 11.8 Å². The molecule has 1 fully saturated rings. The van der Waals surface area contributed by atoms with Gasteiger partial charge in [0.05, 0.1) is 19.2 Å². The molecule has 0 aromatic heterocycles. The Balaban J connectivity index is 1.12. The minimum Gasteiger partial charge on any atom is -0.497 e. The van der Waals surface area contributed by atoms with Crippen molar-refractivity contribution in [3.05, 3.63) is 72.1 Å². The zero-order chi connectivity index (χ0) is 23.5. The summed E-state index contributed by atoms with van der Waals surface area (Å²) in [5, 5.41) is 9.74. The molecule has 3 unspecified atom stereocenters. The Morgan fingerprint density at radius 1 is 1.18 bits per heavy atom. The van der Waals surface area contributed by atoms with Crippen LogP contribution < -0.4 is 20.9 Å². The molecular weight excluding hydrogens is 448 g/mol. The Morgan fingerprint density at radius 2 is 1.97 bits per heavy atom. The van der Waals surface area contributed by atoms with Crippen LogP contribution in [0.4, 0.5) is 0 Å². The number of hydrazine groups is 1. The minimum atomic E-state index is 0.0322. The first-order chi connectivity index (χ1) is 16.6. The number of hydrogen-bond acceptors (Lipinski definition) is 8. The molecule has 1 amide bonds. The lowest BCUT2D eigenvalue weighted by Gasteiger charge is -2.37. The van der Waals surface area contributed by atoms with Crippen molar-refractivity contribution >= 4 is 23.5 Å². The van der Waals surface area contributed by atoms with E-state index >= 15 is 0 Å². The fourth-order valence-corrected chi connectivity index (χ4v) is 5.03. The standard InChI is InChI=1S/C25H30N6O2S/c1-33-19-7-5-18(6-8-19)21-15-22-25-28-27-23(30(25)13-14-31(22)29-21)11-12-24(32)26-16-17-3-9-20(34-2)10-4-17/h3-10,13-14,21-22,25,28-29H,11-12,15-16H2,1-2H3,(H,26,32). The van der Waals surface area contributed by atoms with Crippen LogP contribution in [0.3, 0.4) is 0 Å². The summed E-state index contributed by atoms with van der Waals surface area (Å²) < 4.78 is 5.28. The third-order valence-corrected chi connectivity index (χ3v) is 7.30. The van der Waals surface area contributed by atoms with Crippen LogP contribution in [0.1, 0.15) is 36.4 Å². The van der Waals surface area contributed by atoms with E-state index in [1.807, 2.05) is 18.3 Å². The van der Waals surface area contributed by atoms with Crippen molar-refractivity contribution in [1.29, 1.82) is 0 Å². The lowest BCUT2D eigenvalue weighted by Crippen LogP contribution is -2.54. The van der Waals surface area contributed by atoms with E-state index in [1.165, 1.54) is 10.5 Å². The van der Waals surface area contributed by atoms with E-state index < -0.39 is 0 Å². The van der Waals surface area contributed by atoms with Crippen molar-refractivity contribution in [1.82, 2.24) is 26.1 Å². The molecule has 34 heavy (non-hydrogen) atoms. The summed E-state index contributed by atoms with van der Waals surface area (Å²) in [6.07, 6.45) is 8.14. The molecule has 2 aromatic rings. The van der Waals surface area contributed by atoms with Crippen molar-refractivity contribution in [2.24, 2.45) is 5.10 Å². The summed E-state index contributed by atoms with van der Waals surface area (Å²) in [5.41, 5.74) is 9.21. The number of nitrogens with one attached hydrogen (secondary N) is 3. The Morgan fingerprint density at radius 3 is 2.71 bits per heavy atom. The van der Waals surface area contributed by atoms with Crippen molar-refractivity contribution in [3.8, 4) is 5.75 Å². The summed E-state index contributed by atoms with van der Waals surface area (Å²) in [5.74, 6) is 1.79. The molecule has 3 aliphatic heterocycles. The van der Waals surface area contributed by atoms with Gasteiger partial charge >= 0.3 is 0 Å². The van der Waals surface area contributed by atoms with Gasteiger partial charge in [-0.3, -0.25) is 10.2 Å². The third kappa shape index (κ3) is 4.71. The van der Waals surface area contributed by atoms with E-state index in [2.05, 4.69) is 80.0 Å². The number of hydrazone groups is 1. The molecule has 3 atom stereocenters. The monoisotopic (exact) mass is 478 g/mol. The zero-order valence-corrected chi connectivity index (χ0v) is 20.2. The highest BCUT2D eigenvalue weighted by Crippen LogP contribution is 2.34. The van der Waals surface area contributed by atoms with Crippen LogP contribution in [0.15, 0.2) is 70.9 Å². The number of nitrogens with zero attached hydrogens (tertiary/aromatic N) is 3. The number of rotatable bonds is 8. The van der Waals surface area contributed by atoms with E-state index in [0.717, 1.165) is 23.6 Å². The second-order valence-corrected chi connectivity index (χ2v) is 9.48. The van der Waals surface area contributed by atoms with Crippen LogP contribution in [0.5, 0.6) is 5.75 Å². The van der Waals surface area contributed by atoms with E-state index in [4.69, 9.17) is 4.74 Å². The van der Waals surface area contributed by atoms with Gasteiger partial charge in [-0.05, 0) is 48.1 Å². The quantitative estimate of drug-likeness (QED) is 0.503. The highest BCUT2D eigenvalue weighted by molar-refractivity contribution is 7.98. The molecule has 3 aliphatic rings. The maximum absolute atomic E-state index is 12.4. The van der Waals surface area contributed by atoms with Gasteiger partial charge in [0.1, 0.15) is 17.8 Å². The number of carbonyl (C=O) groups excluding carboxylic acids is 1. The second kappa shape index (κ2) is 9.99. The fraction of sp³-hybridized carbons (Fsp3) is 0.360. The molecule has 9 heteroatoms. The molecular formula is C25H30N6O2S. The van der Waals surface area contributed by atoms with Gasteiger partial charge in [0.2, 0.25) is 5.91 Å². The molecule has 0 radical (unpaired) electrons. The number of ether oxygens (including phenoxy) is 1. The molecule has 1 saturated heterocycles. The maximum atomic E-state index is 12.4. The van der Waals surface area contributed by atoms with Crippen LogP contribution in [-0.4, -0.2) is 47.2 Å². The highest BCUT2D eigenvalue weighted by atomic mass is 32.2. The predicted octanol–water partition coefficient (Wildman–Crippen LogP) is 3.16. The zero-order valence-electron chi connectivity index (χ0n) is 19.4. The van der Waals surface area contributed by atoms with Gasteiger partial charge in [-0.15, -0.1) is 11.8 Å². The molecule has 0 aliphatic carbocycles. The lowest BCUT2D eigenvalue weighted by atomic mass is 9.99. The number of fused-ring (bicyclic) bond motifs is 3. The van der Waals surface area contributed by atoms with Crippen LogP contribution in [0, 0.1) is 0 Å². The number of thioether (sulfide) groups is 1. The average Bonchev–Trinajstić information content (AvgIpc) is 3.50. The Bertz CT molecular complexity index is 1070. The number of benzene rings is 2. The van der Waals surface area contributed by atoms with Crippen molar-refractivity contribution in [3.63, 3.8) is 0 Å². The van der Waals surface area contributed by atoms with E-state index in [1.54, 1.807) is 18.9 Å². The third-order valence-electron chi connectivity index (χ3n) is 6.56. The Labute approximate surface area is 204 Å². The van der Waals surface area contributed by atoms with Gasteiger partial charge in [0, 0.05) is 36.7 Å². The maximum Gasteiger partial charge on any atom is 0.220 e. The topological polar surface area (TPSA) is 81.2 Å². The summed E-state index contributed by atoms with van der Waals surface area (Å²) in [6, 6.07) is 16.9. The minimum absolute atomic E-state index is 0.0322. The van der Waals surface area contributed by atoms with Gasteiger partial charge in [0.15, 0.2) is 0 Å². The van der Waals surface area contributed by atoms with E-state index in [0.29, 0.717) is 19.4 Å². The number of methoxy groups -OCH3 is 1. The van der Waals surface area contributed by atoms with E-state index in [-0.39, 0.29) is 24.2 Å². The molecule has 5 rings (SSSR count). The first-order valence-electron chi connectivity index (χ1n) is 11.5. The summed E-state index contributed by atoms with van der Waals surface area (Å²) >= 11 is 1.71. The molecule has 2 aromatic carbocycles. The summed E-state index contributed by atoms with van der Waals surface area (Å²) in [6.45, 7) is 0.542. The SMILES string of the molecule is COc1ccc(C2CC3C4NN=C(CCC(=O)NCc5ccc(SC)cc5)N4C=CN3N2)cc1. The first kappa shape index (κ1) is 22.6. The second-order valence-electron chi connectivity index (χ2n) is 8.60. The van der Waals surface area contributed by atoms with Gasteiger partial charge in [-0.25, -0.2) is 5.43 Å². The molecule has 0 bridgehead atoms. The normalized spacial score (nSPS) is 22.6. The Kier molecular flexibility index (Phi) is 6.64. The van der Waals surface area contributed by atoms with Gasteiger partial charge in [-0.1, -0.05) is 24.3 Å². The van der Waals surface area contributed by atoms with Gasteiger partial charge in [0.25, 0.3) is 0 Å². The first-order valence-corrected chi connectivity index (χ1v) is 12.7. The lowest BCUT2D eigenvalue weighted by molar-refractivity contribution is -0.121. The van der Waals surface area contributed by atoms with Gasteiger partial charge < -0.3 is 20.0 Å². The Hall–Kier alpha value is -3.17. The molecule has 3 heterocycles. The largest absolute Gasteiger partial charge is 0.497 e. The average molecular weight is 479 g/mol. The number of amidine groups is 1. The smallest absolute Gasteiger partial charge is 0.220 e. The van der Waals surface area contributed by atoms with Crippen molar-refractivity contribution in [2.45, 2.75) is 49.0 Å². The molecule has 178 valence electrons. The molecule has 0 saturated carbocycles. The van der Waals surface area contributed by atoms with Crippen LogP contribution in [0.2, 0.25) is 0 Å². The molecule has 0 spiro atoms. The van der Waals surface area contributed by atoms with Crippen molar-refractivity contribution in [2.75, 3.05) is 13.4 Å². The molecule has 8 nitrogen and oxygen atoms in total. The summed E-state index contributed by atoms with van der Waals surface area (Å²) in [7, 11) is 1.68. The van der Waals surface area contributed by atoms with Crippen LogP contribution in [-0.2, 0) is 11.3 Å². The van der Waals surface area contributed by atoms with Gasteiger partial charge in [-0.2, -0.15) is 5.10 Å². The predicted molar refractivity (Wildman–Crippen MR) is 134 cm³/mol. The van der Waals surface area contributed by atoms with E-state index in [9.17, 15) is 4.79 Å². The molecule has 3 N–H and O–H groups in total. The van der Waals surface area contributed by atoms with Crippen LogP contribution in [0.25, 0.3) is 0 Å². The summed E-state index contributed by atoms with van der Waals surface area (Å²) in [4.78, 5) is 15.8. The van der Waals surface area contributed by atoms with Crippen molar-refractivity contribution < 1.29 is 9.53 Å². The highest BCUT2D eigenvalue weighted by Gasteiger charge is 2.44. The number of hydrogen-bond donors (Lipinski definition) is 3.